The van der Waals surface area contributed by atoms with Gasteiger partial charge >= 0.3 is 0 Å². The number of ether oxygens (including phenoxy) is 1. The number of hydrogen-bond acceptors (Lipinski definition) is 4. The Labute approximate surface area is 106 Å². The molecule has 4 nitrogen and oxygen atoms in total. The summed E-state index contributed by atoms with van der Waals surface area (Å²) in [7, 11) is 0. The summed E-state index contributed by atoms with van der Waals surface area (Å²) in [6, 6.07) is 3.64. The Kier molecular flexibility index (Phi) is 3.51. The van der Waals surface area contributed by atoms with Crippen LogP contribution in [-0.2, 0) is 0 Å². The van der Waals surface area contributed by atoms with Crippen LogP contribution in [-0.4, -0.2) is 24.7 Å². The van der Waals surface area contributed by atoms with E-state index in [0.29, 0.717) is 17.4 Å². The van der Waals surface area contributed by atoms with Crippen LogP contribution in [0.5, 0.6) is 5.75 Å². The van der Waals surface area contributed by atoms with Crippen LogP contribution in [0.4, 0.5) is 0 Å². The third-order valence-electron chi connectivity index (χ3n) is 2.96. The zero-order valence-corrected chi connectivity index (χ0v) is 10.4. The van der Waals surface area contributed by atoms with Crippen LogP contribution in [0, 0.1) is 16.7 Å². The molecule has 1 unspecified atom stereocenters. The number of halogens is 1. The van der Waals surface area contributed by atoms with Gasteiger partial charge in [0, 0.05) is 24.2 Å². The molecular weight excluding hydrogens is 238 g/mol. The Morgan fingerprint density at radius 1 is 1.71 bits per heavy atom. The number of rotatable bonds is 3. The Morgan fingerprint density at radius 2 is 2.53 bits per heavy atom. The average molecular weight is 252 g/mol. The number of aromatic nitrogens is 1. The average Bonchev–Trinajstić information content (AvgIpc) is 2.74. The van der Waals surface area contributed by atoms with Crippen molar-refractivity contribution in [3.8, 4) is 11.8 Å². The first-order valence-electron chi connectivity index (χ1n) is 5.52. The molecule has 0 radical (unpaired) electrons. The van der Waals surface area contributed by atoms with E-state index in [9.17, 15) is 0 Å². The molecular formula is C12H14ClN3O. The lowest BCUT2D eigenvalue weighted by atomic mass is 9.91. The van der Waals surface area contributed by atoms with Gasteiger partial charge < -0.3 is 10.1 Å². The summed E-state index contributed by atoms with van der Waals surface area (Å²) in [4.78, 5) is 3.93. The summed E-state index contributed by atoms with van der Waals surface area (Å²) in [6.07, 6.45) is 2.52. The molecule has 1 atom stereocenters. The van der Waals surface area contributed by atoms with Gasteiger partial charge in [0.1, 0.15) is 6.07 Å². The van der Waals surface area contributed by atoms with E-state index in [0.717, 1.165) is 19.5 Å². The van der Waals surface area contributed by atoms with Gasteiger partial charge in [-0.3, -0.25) is 0 Å². The first kappa shape index (κ1) is 12.2. The Balaban J connectivity index is 2.08. The molecule has 5 heteroatoms. The molecule has 1 N–H and O–H groups in total. The number of pyridine rings is 1. The van der Waals surface area contributed by atoms with Crippen LogP contribution >= 0.6 is 11.6 Å². The molecule has 90 valence electrons. The molecule has 0 aromatic carbocycles. The zero-order valence-electron chi connectivity index (χ0n) is 9.66. The molecule has 2 heterocycles. The molecule has 0 amide bonds. The largest absolute Gasteiger partial charge is 0.490 e. The molecule has 17 heavy (non-hydrogen) atoms. The fourth-order valence-corrected chi connectivity index (χ4v) is 2.01. The van der Waals surface area contributed by atoms with Crippen molar-refractivity contribution in [3.63, 3.8) is 0 Å². The summed E-state index contributed by atoms with van der Waals surface area (Å²) in [5, 5.41) is 12.7. The van der Waals surface area contributed by atoms with Crippen molar-refractivity contribution in [3.05, 3.63) is 23.0 Å². The molecule has 0 bridgehead atoms. The molecule has 0 saturated carbocycles. The standard InChI is InChI=1S/C12H14ClN3O/c1-12(2-3-15-7-12)8-17-11-4-9(13)6-16-10(11)5-14/h4,6,15H,2-3,7-8H2,1H3. The van der Waals surface area contributed by atoms with E-state index in [2.05, 4.69) is 17.2 Å². The molecule has 1 aliphatic heterocycles. The van der Waals surface area contributed by atoms with Crippen LogP contribution in [0.25, 0.3) is 0 Å². The monoisotopic (exact) mass is 251 g/mol. The topological polar surface area (TPSA) is 57.9 Å². The smallest absolute Gasteiger partial charge is 0.182 e. The first-order valence-corrected chi connectivity index (χ1v) is 5.90. The molecule has 0 spiro atoms. The van der Waals surface area contributed by atoms with Crippen molar-refractivity contribution in [2.24, 2.45) is 5.41 Å². The molecule has 2 rings (SSSR count). The van der Waals surface area contributed by atoms with Crippen LogP contribution < -0.4 is 10.1 Å². The normalized spacial score (nSPS) is 23.4. The highest BCUT2D eigenvalue weighted by atomic mass is 35.5. The predicted molar refractivity (Wildman–Crippen MR) is 65.1 cm³/mol. The summed E-state index contributed by atoms with van der Waals surface area (Å²) in [6.45, 7) is 4.68. The SMILES string of the molecule is CC1(COc2cc(Cl)cnc2C#N)CCNC1. The second-order valence-corrected chi connectivity index (χ2v) is 5.07. The quantitative estimate of drug-likeness (QED) is 0.893. The van der Waals surface area contributed by atoms with Crippen molar-refractivity contribution < 1.29 is 4.74 Å². The van der Waals surface area contributed by atoms with Gasteiger partial charge in [0.2, 0.25) is 0 Å². The van der Waals surface area contributed by atoms with E-state index < -0.39 is 0 Å². The maximum Gasteiger partial charge on any atom is 0.182 e. The van der Waals surface area contributed by atoms with Crippen molar-refractivity contribution in [2.75, 3.05) is 19.7 Å². The molecule has 0 aliphatic carbocycles. The molecule has 1 aliphatic rings. The summed E-state index contributed by atoms with van der Waals surface area (Å²) >= 11 is 5.84. The fourth-order valence-electron chi connectivity index (χ4n) is 1.86. The third kappa shape index (κ3) is 2.87. The minimum absolute atomic E-state index is 0.120. The van der Waals surface area contributed by atoms with E-state index in [1.54, 1.807) is 6.07 Å². The summed E-state index contributed by atoms with van der Waals surface area (Å²) in [5.74, 6) is 0.466. The van der Waals surface area contributed by atoms with Gasteiger partial charge in [-0.1, -0.05) is 18.5 Å². The molecule has 1 aromatic heterocycles. The van der Waals surface area contributed by atoms with Crippen LogP contribution in [0.15, 0.2) is 12.3 Å². The maximum atomic E-state index is 8.92. The lowest BCUT2D eigenvalue weighted by Crippen LogP contribution is -2.27. The minimum Gasteiger partial charge on any atom is -0.490 e. The number of nitrogens with zero attached hydrogens (tertiary/aromatic N) is 2. The second kappa shape index (κ2) is 4.91. The van der Waals surface area contributed by atoms with Gasteiger partial charge in [0.25, 0.3) is 0 Å². The highest BCUT2D eigenvalue weighted by molar-refractivity contribution is 6.30. The summed E-state index contributed by atoms with van der Waals surface area (Å²) in [5.41, 5.74) is 0.402. The van der Waals surface area contributed by atoms with Crippen molar-refractivity contribution in [2.45, 2.75) is 13.3 Å². The van der Waals surface area contributed by atoms with Gasteiger partial charge in [0.15, 0.2) is 11.4 Å². The highest BCUT2D eigenvalue weighted by Crippen LogP contribution is 2.27. The van der Waals surface area contributed by atoms with Gasteiger partial charge in [0.05, 0.1) is 11.6 Å². The first-order chi connectivity index (χ1) is 8.13. The van der Waals surface area contributed by atoms with Crippen molar-refractivity contribution >= 4 is 11.6 Å². The van der Waals surface area contributed by atoms with Crippen molar-refractivity contribution in [1.29, 1.82) is 5.26 Å². The van der Waals surface area contributed by atoms with Crippen molar-refractivity contribution in [1.82, 2.24) is 10.3 Å². The number of nitriles is 1. The predicted octanol–water partition coefficient (Wildman–Crippen LogP) is 1.99. The Morgan fingerprint density at radius 3 is 3.18 bits per heavy atom. The van der Waals surface area contributed by atoms with Crippen LogP contribution in [0.1, 0.15) is 19.0 Å². The van der Waals surface area contributed by atoms with Gasteiger partial charge in [-0.05, 0) is 13.0 Å². The van der Waals surface area contributed by atoms with Gasteiger partial charge in [-0.15, -0.1) is 0 Å². The van der Waals surface area contributed by atoms with Gasteiger partial charge in [-0.25, -0.2) is 4.98 Å². The lowest BCUT2D eigenvalue weighted by Gasteiger charge is -2.22. The minimum atomic E-state index is 0.120. The lowest BCUT2D eigenvalue weighted by molar-refractivity contribution is 0.180. The molecule has 1 saturated heterocycles. The van der Waals surface area contributed by atoms with Crippen LogP contribution in [0.2, 0.25) is 5.02 Å². The van der Waals surface area contributed by atoms with E-state index in [-0.39, 0.29) is 11.1 Å². The van der Waals surface area contributed by atoms with E-state index >= 15 is 0 Å². The molecule has 1 aromatic rings. The number of hydrogen-bond donors (Lipinski definition) is 1. The second-order valence-electron chi connectivity index (χ2n) is 4.64. The third-order valence-corrected chi connectivity index (χ3v) is 3.17. The van der Waals surface area contributed by atoms with E-state index in [1.165, 1.54) is 6.20 Å². The van der Waals surface area contributed by atoms with E-state index in [4.69, 9.17) is 21.6 Å². The Bertz CT molecular complexity index is 450. The number of nitrogens with one attached hydrogen (secondary N) is 1. The summed E-state index contributed by atoms with van der Waals surface area (Å²) < 4.78 is 5.69. The maximum absolute atomic E-state index is 8.92. The van der Waals surface area contributed by atoms with Gasteiger partial charge in [-0.2, -0.15) is 5.26 Å². The van der Waals surface area contributed by atoms with E-state index in [1.807, 2.05) is 6.07 Å². The highest BCUT2D eigenvalue weighted by Gasteiger charge is 2.29. The molecule has 1 fully saturated rings. The fraction of sp³-hybridized carbons (Fsp3) is 0.500. The van der Waals surface area contributed by atoms with Crippen LogP contribution in [0.3, 0.4) is 0 Å². The zero-order chi connectivity index (χ0) is 12.3. The Hall–Kier alpha value is -1.31.